The molecule has 1 heterocycles. The number of aromatic nitrogens is 2. The molecule has 1 N–H and O–H groups in total. The summed E-state index contributed by atoms with van der Waals surface area (Å²) >= 11 is 0. The van der Waals surface area contributed by atoms with Gasteiger partial charge in [0.15, 0.2) is 0 Å². The number of aryl methyl sites for hydroxylation is 1. The van der Waals surface area contributed by atoms with Crippen LogP contribution in [0.25, 0.3) is 0 Å². The van der Waals surface area contributed by atoms with Crippen LogP contribution in [0, 0.1) is 13.8 Å². The first-order valence-electron chi connectivity index (χ1n) is 6.31. The number of nitrogens with one attached hydrogen (secondary N) is 1. The summed E-state index contributed by atoms with van der Waals surface area (Å²) in [5.41, 5.74) is 1.10. The van der Waals surface area contributed by atoms with Crippen LogP contribution in [0.15, 0.2) is 0 Å². The van der Waals surface area contributed by atoms with Crippen LogP contribution in [0.2, 0.25) is 0 Å². The zero-order valence-corrected chi connectivity index (χ0v) is 12.1. The molecule has 0 saturated carbocycles. The summed E-state index contributed by atoms with van der Waals surface area (Å²) in [5, 5.41) is 6.65. The molecule has 0 saturated heterocycles. The van der Waals surface area contributed by atoms with Crippen molar-refractivity contribution in [2.24, 2.45) is 0 Å². The summed E-state index contributed by atoms with van der Waals surface area (Å²) in [6, 6.07) is 0. The van der Waals surface area contributed by atoms with E-state index in [-0.39, 0.29) is 17.9 Å². The second-order valence-corrected chi connectivity index (χ2v) is 5.33. The third-order valence-corrected chi connectivity index (χ3v) is 3.36. The number of carbonyl (C=O) groups excluding carboxylic acids is 1. The van der Waals surface area contributed by atoms with Gasteiger partial charge in [-0.1, -0.05) is 6.92 Å². The third kappa shape index (κ3) is 3.75. The summed E-state index contributed by atoms with van der Waals surface area (Å²) in [6.45, 7) is 6.34. The normalized spacial score (nSPS) is 12.0. The van der Waals surface area contributed by atoms with E-state index in [1.54, 1.807) is 13.8 Å². The molecule has 0 unspecified atom stereocenters. The predicted octanol–water partition coefficient (Wildman–Crippen LogP) is 2.74. The Kier molecular flexibility index (Phi) is 4.66. The van der Waals surface area contributed by atoms with E-state index in [4.69, 9.17) is 0 Å². The SMILES string of the molecule is CCC(C)(C)NC(=O)Cc1c(C)nn(C(F)F)c1C. The average molecular weight is 273 g/mol. The Morgan fingerprint density at radius 2 is 2.00 bits per heavy atom. The molecule has 0 fully saturated rings. The summed E-state index contributed by atoms with van der Waals surface area (Å²) < 4.78 is 26.0. The molecule has 1 amide bonds. The molecule has 0 aliphatic carbocycles. The highest BCUT2D eigenvalue weighted by Crippen LogP contribution is 2.20. The minimum atomic E-state index is -2.68. The molecule has 1 aromatic heterocycles. The Morgan fingerprint density at radius 3 is 2.42 bits per heavy atom. The van der Waals surface area contributed by atoms with Gasteiger partial charge in [0.1, 0.15) is 0 Å². The molecule has 1 rings (SSSR count). The van der Waals surface area contributed by atoms with Gasteiger partial charge in [0.05, 0.1) is 12.1 Å². The van der Waals surface area contributed by atoms with E-state index in [9.17, 15) is 13.6 Å². The number of amides is 1. The Morgan fingerprint density at radius 1 is 1.42 bits per heavy atom. The van der Waals surface area contributed by atoms with Crippen LogP contribution in [0.5, 0.6) is 0 Å². The second kappa shape index (κ2) is 5.67. The lowest BCUT2D eigenvalue weighted by Gasteiger charge is -2.24. The lowest BCUT2D eigenvalue weighted by molar-refractivity contribution is -0.122. The molecule has 1 aromatic rings. The molecule has 0 bridgehead atoms. The highest BCUT2D eigenvalue weighted by molar-refractivity contribution is 5.79. The number of alkyl halides is 2. The van der Waals surface area contributed by atoms with Gasteiger partial charge in [-0.25, -0.2) is 4.68 Å². The number of hydrogen-bond acceptors (Lipinski definition) is 2. The quantitative estimate of drug-likeness (QED) is 0.896. The van der Waals surface area contributed by atoms with Gasteiger partial charge in [-0.3, -0.25) is 4.79 Å². The summed E-state index contributed by atoms with van der Waals surface area (Å²) in [7, 11) is 0. The van der Waals surface area contributed by atoms with Crippen molar-refractivity contribution in [3.8, 4) is 0 Å². The molecule has 0 aliphatic heterocycles. The van der Waals surface area contributed by atoms with Gasteiger partial charge in [-0.15, -0.1) is 0 Å². The van der Waals surface area contributed by atoms with Crippen molar-refractivity contribution in [3.63, 3.8) is 0 Å². The maximum Gasteiger partial charge on any atom is 0.333 e. The first kappa shape index (κ1) is 15.6. The van der Waals surface area contributed by atoms with Gasteiger partial charge in [0.25, 0.3) is 0 Å². The fraction of sp³-hybridized carbons (Fsp3) is 0.692. The largest absolute Gasteiger partial charge is 0.351 e. The molecule has 0 atom stereocenters. The van der Waals surface area contributed by atoms with Gasteiger partial charge in [-0.05, 0) is 34.1 Å². The second-order valence-electron chi connectivity index (χ2n) is 5.33. The first-order chi connectivity index (χ1) is 8.68. The zero-order chi connectivity index (χ0) is 14.8. The molecular weight excluding hydrogens is 252 g/mol. The van der Waals surface area contributed by atoms with Crippen LogP contribution in [-0.2, 0) is 11.2 Å². The summed E-state index contributed by atoms with van der Waals surface area (Å²) in [4.78, 5) is 11.9. The van der Waals surface area contributed by atoms with Crippen LogP contribution >= 0.6 is 0 Å². The van der Waals surface area contributed by atoms with Crippen LogP contribution in [-0.4, -0.2) is 21.2 Å². The number of carbonyl (C=O) groups is 1. The highest BCUT2D eigenvalue weighted by Gasteiger charge is 2.22. The number of halogens is 2. The van der Waals surface area contributed by atoms with E-state index in [1.165, 1.54) is 0 Å². The van der Waals surface area contributed by atoms with Crippen molar-refractivity contribution in [2.45, 2.75) is 59.5 Å². The van der Waals surface area contributed by atoms with E-state index in [0.29, 0.717) is 21.6 Å². The number of rotatable bonds is 5. The zero-order valence-electron chi connectivity index (χ0n) is 12.1. The fourth-order valence-electron chi connectivity index (χ4n) is 1.81. The maximum atomic E-state index is 12.7. The molecule has 0 radical (unpaired) electrons. The van der Waals surface area contributed by atoms with Crippen molar-refractivity contribution >= 4 is 5.91 Å². The van der Waals surface area contributed by atoms with E-state index >= 15 is 0 Å². The molecule has 0 aliphatic rings. The average Bonchev–Trinajstić information content (AvgIpc) is 2.56. The maximum absolute atomic E-state index is 12.7. The van der Waals surface area contributed by atoms with Crippen molar-refractivity contribution in [1.82, 2.24) is 15.1 Å². The van der Waals surface area contributed by atoms with E-state index in [0.717, 1.165) is 6.42 Å². The lowest BCUT2D eigenvalue weighted by atomic mass is 10.0. The Hall–Kier alpha value is -1.46. The molecule has 6 heteroatoms. The Balaban J connectivity index is 2.86. The molecular formula is C13H21F2N3O. The molecule has 0 aromatic carbocycles. The van der Waals surface area contributed by atoms with Gasteiger partial charge in [-0.2, -0.15) is 13.9 Å². The monoisotopic (exact) mass is 273 g/mol. The lowest BCUT2D eigenvalue weighted by Crippen LogP contribution is -2.43. The van der Waals surface area contributed by atoms with Crippen LogP contribution < -0.4 is 5.32 Å². The third-order valence-electron chi connectivity index (χ3n) is 3.36. The van der Waals surface area contributed by atoms with Crippen molar-refractivity contribution < 1.29 is 13.6 Å². The minimum Gasteiger partial charge on any atom is -0.351 e. The van der Waals surface area contributed by atoms with Crippen LogP contribution in [0.4, 0.5) is 8.78 Å². The van der Waals surface area contributed by atoms with E-state index in [2.05, 4.69) is 10.4 Å². The van der Waals surface area contributed by atoms with Gasteiger partial charge >= 0.3 is 6.55 Å². The smallest absolute Gasteiger partial charge is 0.333 e. The van der Waals surface area contributed by atoms with Crippen molar-refractivity contribution in [3.05, 3.63) is 17.0 Å². The van der Waals surface area contributed by atoms with Gasteiger partial charge in [0.2, 0.25) is 5.91 Å². The van der Waals surface area contributed by atoms with E-state index in [1.807, 2.05) is 20.8 Å². The number of nitrogens with zero attached hydrogens (tertiary/aromatic N) is 2. The van der Waals surface area contributed by atoms with Crippen molar-refractivity contribution in [1.29, 1.82) is 0 Å². The standard InChI is InChI=1S/C13H21F2N3O/c1-6-13(4,5)16-11(19)7-10-8(2)17-18(9(10)3)12(14)15/h12H,6-7H2,1-5H3,(H,16,19). The Bertz CT molecular complexity index is 467. The fourth-order valence-corrected chi connectivity index (χ4v) is 1.81. The summed E-state index contributed by atoms with van der Waals surface area (Å²) in [6.07, 6.45) is 0.876. The molecule has 4 nitrogen and oxygen atoms in total. The van der Waals surface area contributed by atoms with Gasteiger partial charge in [0, 0.05) is 16.8 Å². The minimum absolute atomic E-state index is 0.0772. The van der Waals surface area contributed by atoms with Crippen molar-refractivity contribution in [2.75, 3.05) is 0 Å². The number of hydrogen-bond donors (Lipinski definition) is 1. The first-order valence-corrected chi connectivity index (χ1v) is 6.31. The molecule has 19 heavy (non-hydrogen) atoms. The Labute approximate surface area is 112 Å². The highest BCUT2D eigenvalue weighted by atomic mass is 19.3. The molecule has 108 valence electrons. The van der Waals surface area contributed by atoms with Crippen LogP contribution in [0.1, 0.15) is 50.7 Å². The van der Waals surface area contributed by atoms with Crippen LogP contribution in [0.3, 0.4) is 0 Å². The van der Waals surface area contributed by atoms with Gasteiger partial charge < -0.3 is 5.32 Å². The topological polar surface area (TPSA) is 46.9 Å². The summed E-state index contributed by atoms with van der Waals surface area (Å²) in [5.74, 6) is -0.174. The van der Waals surface area contributed by atoms with E-state index < -0.39 is 6.55 Å². The predicted molar refractivity (Wildman–Crippen MR) is 69.2 cm³/mol. The molecule has 0 spiro atoms.